The molecule has 1 aromatic carbocycles. The third-order valence-corrected chi connectivity index (χ3v) is 3.54. The molecule has 0 aliphatic carbocycles. The Kier molecular flexibility index (Phi) is 4.88. The second-order valence-corrected chi connectivity index (χ2v) is 5.03. The molecule has 0 spiro atoms. The van der Waals surface area contributed by atoms with Crippen molar-refractivity contribution in [2.24, 2.45) is 5.73 Å². The molecule has 0 saturated heterocycles. The van der Waals surface area contributed by atoms with Gasteiger partial charge in [0.15, 0.2) is 0 Å². The topological polar surface area (TPSA) is 55.1 Å². The summed E-state index contributed by atoms with van der Waals surface area (Å²) >= 11 is 1.29. The molecule has 5 heteroatoms. The van der Waals surface area contributed by atoms with Crippen molar-refractivity contribution in [1.82, 2.24) is 5.32 Å². The average Bonchev–Trinajstić information content (AvgIpc) is 2.93. The molecular weight excluding hydrogens is 275 g/mol. The highest BCUT2D eigenvalue weighted by molar-refractivity contribution is 7.14. The number of carbonyl (C=O) groups excluding carboxylic acids is 1. The van der Waals surface area contributed by atoms with Gasteiger partial charge in [0.05, 0.1) is 16.3 Å². The maximum absolute atomic E-state index is 13.4. The third kappa shape index (κ3) is 3.67. The van der Waals surface area contributed by atoms with Crippen LogP contribution in [0.25, 0.3) is 0 Å². The molecule has 1 heterocycles. The van der Waals surface area contributed by atoms with Crippen LogP contribution in [0, 0.1) is 17.7 Å². The van der Waals surface area contributed by atoms with Crippen molar-refractivity contribution < 1.29 is 9.18 Å². The normalized spacial score (nSPS) is 9.70. The summed E-state index contributed by atoms with van der Waals surface area (Å²) in [6.07, 6.45) is 0. The average molecular weight is 288 g/mol. The van der Waals surface area contributed by atoms with Gasteiger partial charge in [-0.05, 0) is 18.2 Å². The standard InChI is InChI=1S/C15H13FN2OS/c16-13-6-2-1-4-11(13)10-18-15(19)14-8-7-12(20-14)5-3-9-17/h1-2,4,6-8H,9-10,17H2,(H,18,19). The van der Waals surface area contributed by atoms with Gasteiger partial charge in [0.2, 0.25) is 0 Å². The fraction of sp³-hybridized carbons (Fsp3) is 0.133. The first-order valence-corrected chi connectivity index (χ1v) is 6.82. The molecule has 0 bridgehead atoms. The summed E-state index contributed by atoms with van der Waals surface area (Å²) in [5.41, 5.74) is 5.74. The van der Waals surface area contributed by atoms with Gasteiger partial charge in [0.1, 0.15) is 5.82 Å². The van der Waals surface area contributed by atoms with Gasteiger partial charge in [0.25, 0.3) is 5.91 Å². The minimum atomic E-state index is -0.325. The van der Waals surface area contributed by atoms with Crippen LogP contribution in [0.2, 0.25) is 0 Å². The van der Waals surface area contributed by atoms with E-state index in [1.165, 1.54) is 17.4 Å². The lowest BCUT2D eigenvalue weighted by molar-refractivity contribution is 0.0954. The third-order valence-electron chi connectivity index (χ3n) is 2.54. The van der Waals surface area contributed by atoms with Crippen LogP contribution in [0.4, 0.5) is 4.39 Å². The van der Waals surface area contributed by atoms with Gasteiger partial charge >= 0.3 is 0 Å². The summed E-state index contributed by atoms with van der Waals surface area (Å²) < 4.78 is 13.4. The van der Waals surface area contributed by atoms with Gasteiger partial charge in [-0.2, -0.15) is 0 Å². The zero-order valence-corrected chi connectivity index (χ0v) is 11.5. The van der Waals surface area contributed by atoms with Crippen molar-refractivity contribution in [3.8, 4) is 11.8 Å². The second kappa shape index (κ2) is 6.85. The van der Waals surface area contributed by atoms with Crippen molar-refractivity contribution in [3.63, 3.8) is 0 Å². The highest BCUT2D eigenvalue weighted by atomic mass is 32.1. The number of halogens is 1. The van der Waals surface area contributed by atoms with Crippen LogP contribution in [0.1, 0.15) is 20.1 Å². The highest BCUT2D eigenvalue weighted by Crippen LogP contribution is 2.15. The number of rotatable bonds is 3. The number of amides is 1. The smallest absolute Gasteiger partial charge is 0.261 e. The molecule has 20 heavy (non-hydrogen) atoms. The Bertz CT molecular complexity index is 670. The molecule has 1 amide bonds. The molecule has 3 N–H and O–H groups in total. The Labute approximate surface area is 120 Å². The molecule has 0 fully saturated rings. The highest BCUT2D eigenvalue weighted by Gasteiger charge is 2.09. The van der Waals surface area contributed by atoms with Crippen molar-refractivity contribution in [2.45, 2.75) is 6.54 Å². The van der Waals surface area contributed by atoms with Crippen LogP contribution in [0.3, 0.4) is 0 Å². The number of benzene rings is 1. The van der Waals surface area contributed by atoms with Crippen molar-refractivity contribution in [3.05, 3.63) is 57.5 Å². The van der Waals surface area contributed by atoms with Crippen LogP contribution in [-0.4, -0.2) is 12.5 Å². The minimum absolute atomic E-state index is 0.160. The fourth-order valence-electron chi connectivity index (χ4n) is 1.57. The number of hydrogen-bond donors (Lipinski definition) is 2. The molecule has 1 aromatic heterocycles. The number of hydrogen-bond acceptors (Lipinski definition) is 3. The summed E-state index contributed by atoms with van der Waals surface area (Å²) in [4.78, 5) is 13.2. The quantitative estimate of drug-likeness (QED) is 0.850. The first-order valence-electron chi connectivity index (χ1n) is 6.01. The van der Waals surface area contributed by atoms with Gasteiger partial charge in [-0.25, -0.2) is 4.39 Å². The molecular formula is C15H13FN2OS. The zero-order valence-electron chi connectivity index (χ0n) is 10.7. The van der Waals surface area contributed by atoms with Crippen LogP contribution in [0.5, 0.6) is 0 Å². The molecule has 2 aromatic rings. The van der Waals surface area contributed by atoms with E-state index in [-0.39, 0.29) is 24.8 Å². The fourth-order valence-corrected chi connectivity index (χ4v) is 2.37. The van der Waals surface area contributed by atoms with E-state index in [9.17, 15) is 9.18 Å². The van der Waals surface area contributed by atoms with E-state index in [0.29, 0.717) is 10.4 Å². The lowest BCUT2D eigenvalue weighted by atomic mass is 10.2. The Balaban J connectivity index is 1.98. The monoisotopic (exact) mass is 288 g/mol. The summed E-state index contributed by atoms with van der Waals surface area (Å²) in [6, 6.07) is 9.82. The molecule has 0 atom stereocenters. The molecule has 0 unspecified atom stereocenters. The summed E-state index contributed by atoms with van der Waals surface area (Å²) in [7, 11) is 0. The Hall–Kier alpha value is -2.16. The molecule has 2 rings (SSSR count). The van der Waals surface area contributed by atoms with Crippen LogP contribution in [0.15, 0.2) is 36.4 Å². The van der Waals surface area contributed by atoms with Gasteiger partial charge in [0, 0.05) is 12.1 Å². The lowest BCUT2D eigenvalue weighted by Gasteiger charge is -2.04. The number of nitrogens with one attached hydrogen (secondary N) is 1. The van der Waals surface area contributed by atoms with E-state index in [1.807, 2.05) is 0 Å². The van der Waals surface area contributed by atoms with Gasteiger partial charge in [-0.15, -0.1) is 11.3 Å². The largest absolute Gasteiger partial charge is 0.347 e. The molecule has 102 valence electrons. The summed E-state index contributed by atoms with van der Waals surface area (Å²) in [5, 5.41) is 2.68. The van der Waals surface area contributed by atoms with E-state index in [4.69, 9.17) is 5.73 Å². The van der Waals surface area contributed by atoms with E-state index in [1.54, 1.807) is 30.3 Å². The van der Waals surface area contributed by atoms with Crippen molar-refractivity contribution in [1.29, 1.82) is 0 Å². The van der Waals surface area contributed by atoms with E-state index < -0.39 is 0 Å². The summed E-state index contributed by atoms with van der Waals surface area (Å²) in [6.45, 7) is 0.444. The maximum Gasteiger partial charge on any atom is 0.261 e. The molecule has 0 saturated carbocycles. The predicted octanol–water partition coefficient (Wildman–Crippen LogP) is 2.13. The Morgan fingerprint density at radius 2 is 2.10 bits per heavy atom. The lowest BCUT2D eigenvalue weighted by Crippen LogP contribution is -2.22. The van der Waals surface area contributed by atoms with Crippen LogP contribution >= 0.6 is 11.3 Å². The predicted molar refractivity (Wildman–Crippen MR) is 77.8 cm³/mol. The molecule has 3 nitrogen and oxygen atoms in total. The Morgan fingerprint density at radius 3 is 2.85 bits per heavy atom. The Morgan fingerprint density at radius 1 is 1.30 bits per heavy atom. The first kappa shape index (κ1) is 14.3. The van der Waals surface area contributed by atoms with Crippen molar-refractivity contribution in [2.75, 3.05) is 6.54 Å². The molecule has 0 aliphatic rings. The maximum atomic E-state index is 13.4. The van der Waals surface area contributed by atoms with Crippen LogP contribution in [-0.2, 0) is 6.54 Å². The van der Waals surface area contributed by atoms with Gasteiger partial charge < -0.3 is 11.1 Å². The van der Waals surface area contributed by atoms with Crippen molar-refractivity contribution >= 4 is 17.2 Å². The van der Waals surface area contributed by atoms with Gasteiger partial charge in [-0.3, -0.25) is 4.79 Å². The number of thiophene rings is 1. The van der Waals surface area contributed by atoms with E-state index in [2.05, 4.69) is 17.2 Å². The molecule has 0 radical (unpaired) electrons. The zero-order chi connectivity index (χ0) is 14.4. The second-order valence-electron chi connectivity index (χ2n) is 3.94. The molecule has 0 aliphatic heterocycles. The van der Waals surface area contributed by atoms with Crippen LogP contribution < -0.4 is 11.1 Å². The number of nitrogens with two attached hydrogens (primary N) is 1. The number of carbonyl (C=O) groups is 1. The van der Waals surface area contributed by atoms with E-state index >= 15 is 0 Å². The summed E-state index contributed by atoms with van der Waals surface area (Å²) in [5.74, 6) is 5.03. The van der Waals surface area contributed by atoms with Gasteiger partial charge in [-0.1, -0.05) is 30.0 Å². The van der Waals surface area contributed by atoms with E-state index in [0.717, 1.165) is 4.88 Å². The SMILES string of the molecule is NCC#Cc1ccc(C(=O)NCc2ccccc2F)s1. The first-order chi connectivity index (χ1) is 9.70. The minimum Gasteiger partial charge on any atom is -0.347 e.